The fourth-order valence-corrected chi connectivity index (χ4v) is 3.39. The van der Waals surface area contributed by atoms with Crippen molar-refractivity contribution < 1.29 is 0 Å². The first-order valence-electron chi connectivity index (χ1n) is 7.03. The van der Waals surface area contributed by atoms with Crippen LogP contribution in [0.25, 0.3) is 0 Å². The number of rotatable bonds is 3. The average molecular weight is 366 g/mol. The summed E-state index contributed by atoms with van der Waals surface area (Å²) >= 11 is 0. The van der Waals surface area contributed by atoms with Crippen LogP contribution < -0.4 is 11.5 Å². The fourth-order valence-electron chi connectivity index (χ4n) is 3.39. The second-order valence-electron chi connectivity index (χ2n) is 5.57. The Balaban J connectivity index is 0.00000162. The lowest BCUT2D eigenvalue weighted by Crippen LogP contribution is -2.54. The van der Waals surface area contributed by atoms with Crippen LogP contribution in [0.5, 0.6) is 0 Å². The van der Waals surface area contributed by atoms with E-state index in [1.165, 1.54) is 64.5 Å². The van der Waals surface area contributed by atoms with Gasteiger partial charge in [-0.3, -0.25) is 9.89 Å². The van der Waals surface area contributed by atoms with Crippen LogP contribution in [0.15, 0.2) is 4.99 Å². The Kier molecular flexibility index (Phi) is 6.70. The van der Waals surface area contributed by atoms with Gasteiger partial charge in [-0.05, 0) is 38.8 Å². The number of aliphatic imine (C=N–C) groups is 1. The minimum atomic E-state index is 0. The largest absolute Gasteiger partial charge is 0.370 e. The molecule has 0 aromatic heterocycles. The topological polar surface area (TPSA) is 67.6 Å². The van der Waals surface area contributed by atoms with Crippen LogP contribution in [0.3, 0.4) is 0 Å². The third-order valence-electron chi connectivity index (χ3n) is 4.37. The molecule has 106 valence electrons. The Labute approximate surface area is 128 Å². The molecule has 1 aliphatic heterocycles. The van der Waals surface area contributed by atoms with Crippen molar-refractivity contribution in [1.82, 2.24) is 4.90 Å². The first-order valence-corrected chi connectivity index (χ1v) is 7.03. The van der Waals surface area contributed by atoms with Gasteiger partial charge in [0.15, 0.2) is 5.96 Å². The molecule has 1 saturated heterocycles. The highest BCUT2D eigenvalue weighted by Gasteiger charge is 2.38. The van der Waals surface area contributed by atoms with Gasteiger partial charge < -0.3 is 11.5 Å². The van der Waals surface area contributed by atoms with Crippen LogP contribution in [-0.2, 0) is 0 Å². The number of hydrogen-bond acceptors (Lipinski definition) is 2. The van der Waals surface area contributed by atoms with Crippen molar-refractivity contribution >= 4 is 29.9 Å². The molecule has 0 unspecified atom stereocenters. The van der Waals surface area contributed by atoms with E-state index < -0.39 is 0 Å². The van der Waals surface area contributed by atoms with Crippen molar-refractivity contribution in [2.24, 2.45) is 16.5 Å². The normalized spacial score (nSPS) is 24.0. The molecular formula is C13H27IN4. The van der Waals surface area contributed by atoms with E-state index in [4.69, 9.17) is 11.5 Å². The van der Waals surface area contributed by atoms with Crippen molar-refractivity contribution in [1.29, 1.82) is 0 Å². The number of piperidine rings is 1. The van der Waals surface area contributed by atoms with E-state index in [0.29, 0.717) is 0 Å². The third kappa shape index (κ3) is 3.98. The summed E-state index contributed by atoms with van der Waals surface area (Å²) in [5, 5.41) is 0. The van der Waals surface area contributed by atoms with Gasteiger partial charge in [0, 0.05) is 5.54 Å². The summed E-state index contributed by atoms with van der Waals surface area (Å²) in [6.07, 6.45) is 10.6. The van der Waals surface area contributed by atoms with Crippen LogP contribution >= 0.6 is 24.0 Å². The molecule has 2 aliphatic rings. The molecule has 0 aromatic rings. The highest BCUT2D eigenvalue weighted by atomic mass is 127. The number of nitrogens with two attached hydrogens (primary N) is 2. The van der Waals surface area contributed by atoms with E-state index in [9.17, 15) is 0 Å². The summed E-state index contributed by atoms with van der Waals surface area (Å²) < 4.78 is 0. The Morgan fingerprint density at radius 1 is 0.944 bits per heavy atom. The molecule has 0 atom stereocenters. The van der Waals surface area contributed by atoms with Crippen LogP contribution in [0, 0.1) is 0 Å². The summed E-state index contributed by atoms with van der Waals surface area (Å²) in [5.74, 6) is 0.243. The number of likely N-dealkylation sites (tertiary alicyclic amines) is 1. The quantitative estimate of drug-likeness (QED) is 0.457. The smallest absolute Gasteiger partial charge is 0.185 e. The van der Waals surface area contributed by atoms with Gasteiger partial charge in [0.1, 0.15) is 0 Å². The molecule has 5 heteroatoms. The van der Waals surface area contributed by atoms with Crippen molar-refractivity contribution in [3.63, 3.8) is 0 Å². The van der Waals surface area contributed by atoms with Crippen LogP contribution in [0.1, 0.15) is 51.4 Å². The predicted molar refractivity (Wildman–Crippen MR) is 87.3 cm³/mol. The molecular weight excluding hydrogens is 339 g/mol. The van der Waals surface area contributed by atoms with Crippen LogP contribution in [0.2, 0.25) is 0 Å². The second-order valence-corrected chi connectivity index (χ2v) is 5.57. The minimum Gasteiger partial charge on any atom is -0.370 e. The molecule has 1 heterocycles. The van der Waals surface area contributed by atoms with Gasteiger partial charge in [0.25, 0.3) is 0 Å². The molecule has 0 bridgehead atoms. The van der Waals surface area contributed by atoms with Crippen molar-refractivity contribution in [3.8, 4) is 0 Å². The van der Waals surface area contributed by atoms with Gasteiger partial charge in [-0.15, -0.1) is 24.0 Å². The van der Waals surface area contributed by atoms with E-state index in [1.54, 1.807) is 0 Å². The summed E-state index contributed by atoms with van der Waals surface area (Å²) in [6.45, 7) is 3.27. The molecule has 1 saturated carbocycles. The zero-order chi connectivity index (χ0) is 12.1. The molecule has 0 radical (unpaired) electrons. The number of halogens is 1. The third-order valence-corrected chi connectivity index (χ3v) is 4.37. The number of nitrogens with zero attached hydrogens (tertiary/aromatic N) is 2. The first-order chi connectivity index (χ1) is 8.23. The highest BCUT2D eigenvalue weighted by molar-refractivity contribution is 14.0. The number of guanidine groups is 1. The Morgan fingerprint density at radius 2 is 1.50 bits per heavy atom. The molecule has 4 N–H and O–H groups in total. The monoisotopic (exact) mass is 366 g/mol. The maximum absolute atomic E-state index is 5.51. The lowest BCUT2D eigenvalue weighted by molar-refractivity contribution is 0.0408. The minimum absolute atomic E-state index is 0. The predicted octanol–water partition coefficient (Wildman–Crippen LogP) is 2.07. The van der Waals surface area contributed by atoms with E-state index in [0.717, 1.165) is 6.54 Å². The summed E-state index contributed by atoms with van der Waals surface area (Å²) in [4.78, 5) is 6.99. The van der Waals surface area contributed by atoms with Crippen LogP contribution in [-0.4, -0.2) is 36.0 Å². The molecule has 4 nitrogen and oxygen atoms in total. The fraction of sp³-hybridized carbons (Fsp3) is 0.923. The van der Waals surface area contributed by atoms with E-state index in [2.05, 4.69) is 9.89 Å². The molecule has 2 fully saturated rings. The maximum atomic E-state index is 5.51. The van der Waals surface area contributed by atoms with E-state index >= 15 is 0 Å². The summed E-state index contributed by atoms with van der Waals surface area (Å²) in [5.41, 5.74) is 11.3. The molecule has 0 aromatic carbocycles. The van der Waals surface area contributed by atoms with Gasteiger partial charge in [-0.25, -0.2) is 0 Å². The zero-order valence-corrected chi connectivity index (χ0v) is 13.6. The van der Waals surface area contributed by atoms with Gasteiger partial charge in [-0.1, -0.05) is 25.7 Å². The summed E-state index contributed by atoms with van der Waals surface area (Å²) in [6, 6.07) is 0. The standard InChI is InChI=1S/C13H26N4.HI/c14-12(15)16-11-13(7-3-1-4-8-13)17-9-5-2-6-10-17;/h1-11H2,(H4,14,15,16);1H. The Hall–Kier alpha value is -0.0400. The molecule has 1 aliphatic carbocycles. The van der Waals surface area contributed by atoms with E-state index in [1.807, 2.05) is 0 Å². The maximum Gasteiger partial charge on any atom is 0.185 e. The van der Waals surface area contributed by atoms with Crippen molar-refractivity contribution in [2.75, 3.05) is 19.6 Å². The first kappa shape index (κ1) is 16.0. The lowest BCUT2D eigenvalue weighted by Gasteiger charge is -2.47. The lowest BCUT2D eigenvalue weighted by atomic mass is 9.79. The second kappa shape index (κ2) is 7.53. The average Bonchev–Trinajstić information content (AvgIpc) is 2.39. The van der Waals surface area contributed by atoms with Gasteiger partial charge in [0.2, 0.25) is 0 Å². The van der Waals surface area contributed by atoms with E-state index in [-0.39, 0.29) is 35.5 Å². The SMILES string of the molecule is I.NC(N)=NCC1(N2CCCCC2)CCCCC1. The molecule has 0 amide bonds. The summed E-state index contributed by atoms with van der Waals surface area (Å²) in [7, 11) is 0. The Morgan fingerprint density at radius 3 is 2.06 bits per heavy atom. The van der Waals surface area contributed by atoms with Gasteiger partial charge in [0.05, 0.1) is 6.54 Å². The molecule has 2 rings (SSSR count). The molecule has 0 spiro atoms. The van der Waals surface area contributed by atoms with Gasteiger partial charge >= 0.3 is 0 Å². The van der Waals surface area contributed by atoms with Crippen molar-refractivity contribution in [3.05, 3.63) is 0 Å². The van der Waals surface area contributed by atoms with Crippen molar-refractivity contribution in [2.45, 2.75) is 56.9 Å². The highest BCUT2D eigenvalue weighted by Crippen LogP contribution is 2.35. The van der Waals surface area contributed by atoms with Crippen LogP contribution in [0.4, 0.5) is 0 Å². The van der Waals surface area contributed by atoms with Gasteiger partial charge in [-0.2, -0.15) is 0 Å². The number of hydrogen-bond donors (Lipinski definition) is 2. The zero-order valence-electron chi connectivity index (χ0n) is 11.2. The molecule has 18 heavy (non-hydrogen) atoms. The Bertz CT molecular complexity index is 264.